The number of piperazine rings is 1. The van der Waals surface area contributed by atoms with Crippen molar-refractivity contribution < 1.29 is 13.6 Å². The highest BCUT2D eigenvalue weighted by atomic mass is 19.1. The second-order valence-electron chi connectivity index (χ2n) is 8.27. The second-order valence-corrected chi connectivity index (χ2v) is 8.27. The van der Waals surface area contributed by atoms with Gasteiger partial charge in [0, 0.05) is 37.8 Å². The molecule has 0 atom stereocenters. The highest BCUT2D eigenvalue weighted by Gasteiger charge is 2.37. The number of nitrogens with zero attached hydrogens (tertiary/aromatic N) is 4. The third-order valence-electron chi connectivity index (χ3n) is 5.75. The van der Waals surface area contributed by atoms with Crippen LogP contribution in [0.15, 0.2) is 65.5 Å². The molecule has 1 aromatic heterocycles. The van der Waals surface area contributed by atoms with Gasteiger partial charge in [0.1, 0.15) is 17.2 Å². The lowest BCUT2D eigenvalue weighted by molar-refractivity contribution is -0.140. The van der Waals surface area contributed by atoms with Crippen molar-refractivity contribution in [1.29, 1.82) is 0 Å². The molecule has 1 fully saturated rings. The molecular formula is C24H24F2N4O2. The van der Waals surface area contributed by atoms with Gasteiger partial charge in [-0.05, 0) is 56.3 Å². The van der Waals surface area contributed by atoms with Crippen molar-refractivity contribution in [1.82, 2.24) is 14.7 Å². The van der Waals surface area contributed by atoms with Crippen LogP contribution in [-0.2, 0) is 10.3 Å². The zero-order chi connectivity index (χ0) is 22.9. The molecule has 0 unspecified atom stereocenters. The first-order valence-corrected chi connectivity index (χ1v) is 10.4. The quantitative estimate of drug-likeness (QED) is 0.628. The zero-order valence-electron chi connectivity index (χ0n) is 18.0. The lowest BCUT2D eigenvalue weighted by atomic mass is 10.0. The van der Waals surface area contributed by atoms with E-state index in [0.29, 0.717) is 43.1 Å². The van der Waals surface area contributed by atoms with Crippen LogP contribution in [0.4, 0.5) is 14.5 Å². The molecule has 166 valence electrons. The van der Waals surface area contributed by atoms with Gasteiger partial charge < -0.3 is 9.80 Å². The summed E-state index contributed by atoms with van der Waals surface area (Å²) in [5.41, 5.74) is -0.00694. The number of aromatic nitrogens is 2. The minimum absolute atomic E-state index is 0.239. The molecule has 0 spiro atoms. The third-order valence-corrected chi connectivity index (χ3v) is 5.75. The Hall–Kier alpha value is -3.55. The van der Waals surface area contributed by atoms with Gasteiger partial charge >= 0.3 is 0 Å². The van der Waals surface area contributed by atoms with Crippen LogP contribution in [0, 0.1) is 11.6 Å². The lowest BCUT2D eigenvalue weighted by Crippen LogP contribution is -2.56. The number of hydrogen-bond donors (Lipinski definition) is 0. The van der Waals surface area contributed by atoms with Gasteiger partial charge in [-0.1, -0.05) is 12.1 Å². The molecule has 8 heteroatoms. The van der Waals surface area contributed by atoms with E-state index in [1.165, 1.54) is 28.9 Å². The molecule has 3 aromatic rings. The van der Waals surface area contributed by atoms with Gasteiger partial charge in [-0.2, -0.15) is 5.10 Å². The number of rotatable bonds is 4. The normalized spacial score (nSPS) is 14.5. The van der Waals surface area contributed by atoms with Crippen molar-refractivity contribution in [2.24, 2.45) is 0 Å². The van der Waals surface area contributed by atoms with Gasteiger partial charge in [-0.3, -0.25) is 9.59 Å². The first-order chi connectivity index (χ1) is 15.3. The van der Waals surface area contributed by atoms with E-state index < -0.39 is 11.1 Å². The summed E-state index contributed by atoms with van der Waals surface area (Å²) in [5.74, 6) is -0.899. The molecule has 1 saturated heterocycles. The first kappa shape index (κ1) is 21.7. The number of anilines is 1. The van der Waals surface area contributed by atoms with E-state index in [9.17, 15) is 18.4 Å². The molecule has 1 aliphatic heterocycles. The Kier molecular flexibility index (Phi) is 5.78. The Labute approximate surface area is 184 Å². The summed E-state index contributed by atoms with van der Waals surface area (Å²) in [4.78, 5) is 29.5. The summed E-state index contributed by atoms with van der Waals surface area (Å²) in [7, 11) is 0. The lowest BCUT2D eigenvalue weighted by Gasteiger charge is -2.39. The molecule has 1 amide bonds. The number of halogens is 2. The molecule has 0 radical (unpaired) electrons. The maximum absolute atomic E-state index is 14.1. The summed E-state index contributed by atoms with van der Waals surface area (Å²) in [6, 6.07) is 15.3. The maximum atomic E-state index is 14.1. The molecule has 0 bridgehead atoms. The van der Waals surface area contributed by atoms with Gasteiger partial charge in [0.15, 0.2) is 0 Å². The number of amides is 1. The van der Waals surface area contributed by atoms with Crippen LogP contribution >= 0.6 is 0 Å². The zero-order valence-corrected chi connectivity index (χ0v) is 18.0. The van der Waals surface area contributed by atoms with Gasteiger partial charge in [0.25, 0.3) is 5.56 Å². The molecule has 6 nitrogen and oxygen atoms in total. The van der Waals surface area contributed by atoms with Crippen molar-refractivity contribution in [3.05, 3.63) is 82.7 Å². The Morgan fingerprint density at radius 1 is 0.906 bits per heavy atom. The SMILES string of the molecule is CC(C)(C(=O)N1CCN(c2ccccc2F)CC1)n1nc(-c2ccc(F)cc2)ccc1=O. The Balaban J connectivity index is 1.54. The average Bonchev–Trinajstić information content (AvgIpc) is 2.80. The van der Waals surface area contributed by atoms with Crippen molar-refractivity contribution in [3.63, 3.8) is 0 Å². The number of benzene rings is 2. The first-order valence-electron chi connectivity index (χ1n) is 10.4. The van der Waals surface area contributed by atoms with Crippen LogP contribution in [-0.4, -0.2) is 46.8 Å². The van der Waals surface area contributed by atoms with Crippen LogP contribution in [0.25, 0.3) is 11.3 Å². The second kappa shape index (κ2) is 8.53. The fraction of sp³-hybridized carbons (Fsp3) is 0.292. The summed E-state index contributed by atoms with van der Waals surface area (Å²) >= 11 is 0. The summed E-state index contributed by atoms with van der Waals surface area (Å²) < 4.78 is 28.5. The predicted molar refractivity (Wildman–Crippen MR) is 118 cm³/mol. The van der Waals surface area contributed by atoms with E-state index in [1.54, 1.807) is 55.1 Å². The van der Waals surface area contributed by atoms with Crippen molar-refractivity contribution in [2.75, 3.05) is 31.1 Å². The van der Waals surface area contributed by atoms with Gasteiger partial charge in [0.2, 0.25) is 5.91 Å². The van der Waals surface area contributed by atoms with Crippen LogP contribution < -0.4 is 10.5 Å². The monoisotopic (exact) mass is 438 g/mol. The maximum Gasteiger partial charge on any atom is 0.267 e. The largest absolute Gasteiger partial charge is 0.366 e. The standard InChI is InChI=1S/C24H24F2N4O2/c1-24(2,30-22(31)12-11-20(27-30)17-7-9-18(25)10-8-17)23(32)29-15-13-28(14-16-29)21-6-4-3-5-19(21)26/h3-12H,13-16H2,1-2H3. The van der Waals surface area contributed by atoms with Crippen LogP contribution in [0.2, 0.25) is 0 Å². The number of hydrogen-bond acceptors (Lipinski definition) is 4. The molecule has 2 heterocycles. The summed E-state index contributed by atoms with van der Waals surface area (Å²) in [6.45, 7) is 5.09. The number of carbonyl (C=O) groups excluding carboxylic acids is 1. The van der Waals surface area contributed by atoms with E-state index in [4.69, 9.17) is 0 Å². The fourth-order valence-electron chi connectivity index (χ4n) is 3.92. The summed E-state index contributed by atoms with van der Waals surface area (Å²) in [5, 5.41) is 4.41. The van der Waals surface area contributed by atoms with E-state index >= 15 is 0 Å². The predicted octanol–water partition coefficient (Wildman–Crippen LogP) is 3.27. The van der Waals surface area contributed by atoms with Crippen LogP contribution in [0.3, 0.4) is 0 Å². The summed E-state index contributed by atoms with van der Waals surface area (Å²) in [6.07, 6.45) is 0. The van der Waals surface area contributed by atoms with Crippen LogP contribution in [0.5, 0.6) is 0 Å². The highest BCUT2D eigenvalue weighted by Crippen LogP contribution is 2.23. The Morgan fingerprint density at radius 2 is 1.56 bits per heavy atom. The molecule has 0 N–H and O–H groups in total. The molecule has 1 aliphatic rings. The molecule has 2 aromatic carbocycles. The minimum Gasteiger partial charge on any atom is -0.366 e. The Morgan fingerprint density at radius 3 is 2.22 bits per heavy atom. The van der Waals surface area contributed by atoms with Crippen LogP contribution in [0.1, 0.15) is 13.8 Å². The molecule has 32 heavy (non-hydrogen) atoms. The van der Waals surface area contributed by atoms with Gasteiger partial charge in [0.05, 0.1) is 11.4 Å². The number of para-hydroxylation sites is 1. The highest BCUT2D eigenvalue weighted by molar-refractivity contribution is 5.84. The topological polar surface area (TPSA) is 58.4 Å². The van der Waals surface area contributed by atoms with E-state index in [0.717, 1.165) is 0 Å². The third kappa shape index (κ3) is 4.12. The molecular weight excluding hydrogens is 414 g/mol. The molecule has 0 saturated carbocycles. The molecule has 4 rings (SSSR count). The minimum atomic E-state index is -1.23. The van der Waals surface area contributed by atoms with E-state index in [2.05, 4.69) is 5.10 Å². The smallest absolute Gasteiger partial charge is 0.267 e. The van der Waals surface area contributed by atoms with Crippen molar-refractivity contribution in [2.45, 2.75) is 19.4 Å². The van der Waals surface area contributed by atoms with Gasteiger partial charge in [-0.15, -0.1) is 0 Å². The van der Waals surface area contributed by atoms with Gasteiger partial charge in [-0.25, -0.2) is 13.5 Å². The van der Waals surface area contributed by atoms with E-state index in [1.807, 2.05) is 4.90 Å². The Bertz CT molecular complexity index is 1180. The van der Waals surface area contributed by atoms with Crippen molar-refractivity contribution in [3.8, 4) is 11.3 Å². The van der Waals surface area contributed by atoms with E-state index in [-0.39, 0.29) is 17.5 Å². The molecule has 0 aliphatic carbocycles. The fourth-order valence-corrected chi connectivity index (χ4v) is 3.92. The van der Waals surface area contributed by atoms with Crippen molar-refractivity contribution >= 4 is 11.6 Å². The average molecular weight is 438 g/mol. The number of carbonyl (C=O) groups is 1.